The second-order valence-corrected chi connectivity index (χ2v) is 4.84. The maximum absolute atomic E-state index is 11.8. The van der Waals surface area contributed by atoms with Gasteiger partial charge in [-0.15, -0.1) is 0 Å². The maximum atomic E-state index is 11.8. The zero-order valence-corrected chi connectivity index (χ0v) is 13.1. The summed E-state index contributed by atoms with van der Waals surface area (Å²) in [5, 5.41) is 15.3. The van der Waals surface area contributed by atoms with E-state index < -0.39 is 11.8 Å². The Morgan fingerprint density at radius 2 is 2.13 bits per heavy atom. The summed E-state index contributed by atoms with van der Waals surface area (Å²) in [6.45, 7) is 2.62. The molecule has 1 heterocycles. The molecule has 0 atom stereocenters. The highest BCUT2D eigenvalue weighted by atomic mass is 16.2. The maximum Gasteiger partial charge on any atom is 0.282 e. The summed E-state index contributed by atoms with van der Waals surface area (Å²) in [4.78, 5) is 29.2. The SMILES string of the molecule is CCCCCCCNC(=O)/C(C#N)=N\Nc1nc[nH]c1C(N)=O. The van der Waals surface area contributed by atoms with Crippen molar-refractivity contribution in [3.63, 3.8) is 0 Å². The lowest BCUT2D eigenvalue weighted by atomic mass is 10.1. The van der Waals surface area contributed by atoms with Gasteiger partial charge >= 0.3 is 0 Å². The van der Waals surface area contributed by atoms with Gasteiger partial charge in [-0.3, -0.25) is 15.0 Å². The van der Waals surface area contributed by atoms with E-state index in [1.54, 1.807) is 6.07 Å². The van der Waals surface area contributed by atoms with Crippen LogP contribution in [0.25, 0.3) is 0 Å². The summed E-state index contributed by atoms with van der Waals surface area (Å²) < 4.78 is 0. The van der Waals surface area contributed by atoms with Crippen molar-refractivity contribution in [2.75, 3.05) is 12.0 Å². The summed E-state index contributed by atoms with van der Waals surface area (Å²) in [5.41, 5.74) is 7.18. The molecule has 0 spiro atoms. The van der Waals surface area contributed by atoms with Crippen LogP contribution in [0.4, 0.5) is 5.82 Å². The molecule has 0 fully saturated rings. The van der Waals surface area contributed by atoms with Crippen molar-refractivity contribution in [2.45, 2.75) is 39.0 Å². The van der Waals surface area contributed by atoms with Gasteiger partial charge < -0.3 is 16.0 Å². The number of nitriles is 1. The van der Waals surface area contributed by atoms with Crippen molar-refractivity contribution in [1.82, 2.24) is 15.3 Å². The summed E-state index contributed by atoms with van der Waals surface area (Å²) in [5.74, 6) is -1.25. The van der Waals surface area contributed by atoms with Gasteiger partial charge in [-0.1, -0.05) is 32.6 Å². The number of rotatable bonds is 10. The Morgan fingerprint density at radius 1 is 1.39 bits per heavy atom. The van der Waals surface area contributed by atoms with E-state index in [0.29, 0.717) is 6.54 Å². The molecule has 5 N–H and O–H groups in total. The lowest BCUT2D eigenvalue weighted by Gasteiger charge is -2.04. The van der Waals surface area contributed by atoms with E-state index in [1.807, 2.05) is 0 Å². The highest BCUT2D eigenvalue weighted by Gasteiger charge is 2.13. The minimum atomic E-state index is -0.727. The largest absolute Gasteiger partial charge is 0.364 e. The van der Waals surface area contributed by atoms with Gasteiger partial charge in [-0.25, -0.2) is 4.98 Å². The van der Waals surface area contributed by atoms with Crippen molar-refractivity contribution < 1.29 is 9.59 Å². The average molecular weight is 319 g/mol. The highest BCUT2D eigenvalue weighted by Crippen LogP contribution is 2.08. The third kappa shape index (κ3) is 6.17. The van der Waals surface area contributed by atoms with Crippen molar-refractivity contribution in [1.29, 1.82) is 5.26 Å². The lowest BCUT2D eigenvalue weighted by Crippen LogP contribution is -2.31. The Hall–Kier alpha value is -2.89. The van der Waals surface area contributed by atoms with E-state index in [9.17, 15) is 9.59 Å². The number of nitrogens with zero attached hydrogens (tertiary/aromatic N) is 3. The van der Waals surface area contributed by atoms with Crippen LogP contribution in [0.5, 0.6) is 0 Å². The molecule has 9 nitrogen and oxygen atoms in total. The third-order valence-electron chi connectivity index (χ3n) is 3.05. The minimum Gasteiger partial charge on any atom is -0.364 e. The standard InChI is InChI=1S/C14H21N7O2/c1-2-3-4-5-6-7-17-14(23)10(8-15)20-21-13-11(12(16)22)18-9-19-13/h9,21H,2-7H2,1H3,(H2,16,22)(H,17,23)(H,18,19)/b20-10-. The lowest BCUT2D eigenvalue weighted by molar-refractivity contribution is -0.114. The van der Waals surface area contributed by atoms with E-state index in [-0.39, 0.29) is 17.2 Å². The van der Waals surface area contributed by atoms with Crippen LogP contribution in [0.1, 0.15) is 49.5 Å². The molecule has 0 aliphatic carbocycles. The molecule has 0 aliphatic heterocycles. The quantitative estimate of drug-likeness (QED) is 0.287. The smallest absolute Gasteiger partial charge is 0.282 e. The molecule has 2 amide bonds. The minimum absolute atomic E-state index is 0.0161. The van der Waals surface area contributed by atoms with Crippen LogP contribution in [0, 0.1) is 11.3 Å². The Labute approximate surface area is 134 Å². The van der Waals surface area contributed by atoms with Crippen LogP contribution in [-0.4, -0.2) is 34.0 Å². The molecule has 124 valence electrons. The van der Waals surface area contributed by atoms with Gasteiger partial charge in [0, 0.05) is 6.54 Å². The second kappa shape index (κ2) is 9.94. The Morgan fingerprint density at radius 3 is 2.78 bits per heavy atom. The number of aromatic amines is 1. The first kappa shape index (κ1) is 18.2. The monoisotopic (exact) mass is 319 g/mol. The Kier molecular flexibility index (Phi) is 7.85. The van der Waals surface area contributed by atoms with E-state index in [2.05, 4.69) is 32.7 Å². The summed E-state index contributed by atoms with van der Waals surface area (Å²) in [7, 11) is 0. The third-order valence-corrected chi connectivity index (χ3v) is 3.05. The number of nitrogens with one attached hydrogen (secondary N) is 3. The summed E-state index contributed by atoms with van der Waals surface area (Å²) in [6.07, 6.45) is 6.59. The number of unbranched alkanes of at least 4 members (excludes halogenated alkanes) is 4. The van der Waals surface area contributed by atoms with E-state index in [0.717, 1.165) is 25.7 Å². The number of hydrogen-bond acceptors (Lipinski definition) is 6. The van der Waals surface area contributed by atoms with Crippen molar-refractivity contribution in [2.24, 2.45) is 10.8 Å². The number of H-pyrrole nitrogens is 1. The van der Waals surface area contributed by atoms with Crippen LogP contribution in [0.15, 0.2) is 11.4 Å². The molecule has 1 aromatic heterocycles. The molecule has 0 saturated carbocycles. The molecular formula is C14H21N7O2. The molecule has 0 radical (unpaired) electrons. The number of anilines is 1. The predicted octanol–water partition coefficient (Wildman–Crippen LogP) is 0.887. The van der Waals surface area contributed by atoms with E-state index >= 15 is 0 Å². The van der Waals surface area contributed by atoms with Crippen molar-refractivity contribution in [3.05, 3.63) is 12.0 Å². The number of nitrogens with two attached hydrogens (primary N) is 1. The number of imidazole rings is 1. The molecule has 1 rings (SSSR count). The van der Waals surface area contributed by atoms with Gasteiger partial charge in [0.05, 0.1) is 6.33 Å². The van der Waals surface area contributed by atoms with Gasteiger partial charge in [-0.05, 0) is 6.42 Å². The van der Waals surface area contributed by atoms with Crippen molar-refractivity contribution >= 4 is 23.3 Å². The highest BCUT2D eigenvalue weighted by molar-refractivity contribution is 6.45. The Bertz CT molecular complexity index is 601. The van der Waals surface area contributed by atoms with Gasteiger partial charge in [0.15, 0.2) is 5.82 Å². The normalized spacial score (nSPS) is 10.9. The van der Waals surface area contributed by atoms with Crippen LogP contribution in [0.2, 0.25) is 0 Å². The van der Waals surface area contributed by atoms with Crippen molar-refractivity contribution in [3.8, 4) is 6.07 Å². The first-order chi connectivity index (χ1) is 11.1. The zero-order chi connectivity index (χ0) is 17.1. The number of hydrogen-bond donors (Lipinski definition) is 4. The summed E-state index contributed by atoms with van der Waals surface area (Å²) >= 11 is 0. The fourth-order valence-corrected chi connectivity index (χ4v) is 1.82. The molecule has 23 heavy (non-hydrogen) atoms. The van der Waals surface area contributed by atoms with Crippen LogP contribution < -0.4 is 16.5 Å². The number of hydrazone groups is 1. The fourth-order valence-electron chi connectivity index (χ4n) is 1.82. The molecule has 1 aromatic rings. The molecular weight excluding hydrogens is 298 g/mol. The molecule has 0 aromatic carbocycles. The van der Waals surface area contributed by atoms with Gasteiger partial charge in [0.25, 0.3) is 11.8 Å². The molecule has 9 heteroatoms. The molecule has 0 aliphatic rings. The average Bonchev–Trinajstić information content (AvgIpc) is 3.00. The number of primary amides is 1. The Balaban J connectivity index is 2.48. The number of amides is 2. The molecule has 0 saturated heterocycles. The second-order valence-electron chi connectivity index (χ2n) is 4.84. The van der Waals surface area contributed by atoms with Gasteiger partial charge in [-0.2, -0.15) is 10.4 Å². The van der Waals surface area contributed by atoms with Crippen LogP contribution in [0.3, 0.4) is 0 Å². The first-order valence-electron chi connectivity index (χ1n) is 7.45. The zero-order valence-electron chi connectivity index (χ0n) is 13.1. The van der Waals surface area contributed by atoms with Crippen LogP contribution >= 0.6 is 0 Å². The predicted molar refractivity (Wildman–Crippen MR) is 85.5 cm³/mol. The van der Waals surface area contributed by atoms with E-state index in [4.69, 9.17) is 11.0 Å². The topological polar surface area (TPSA) is 149 Å². The number of carbonyl (C=O) groups excluding carboxylic acids is 2. The first-order valence-corrected chi connectivity index (χ1v) is 7.45. The summed E-state index contributed by atoms with van der Waals surface area (Å²) in [6, 6.07) is 1.70. The molecule has 0 bridgehead atoms. The van der Waals surface area contributed by atoms with Crippen LogP contribution in [-0.2, 0) is 4.79 Å². The fraction of sp³-hybridized carbons (Fsp3) is 0.500. The number of aromatic nitrogens is 2. The molecule has 0 unspecified atom stereocenters. The van der Waals surface area contributed by atoms with Gasteiger partial charge in [0.2, 0.25) is 5.71 Å². The van der Waals surface area contributed by atoms with Gasteiger partial charge in [0.1, 0.15) is 11.8 Å². The van der Waals surface area contributed by atoms with E-state index in [1.165, 1.54) is 12.7 Å². The number of carbonyl (C=O) groups is 2.